The van der Waals surface area contributed by atoms with Crippen LogP contribution in [0.25, 0.3) is 0 Å². The van der Waals surface area contributed by atoms with Crippen molar-refractivity contribution >= 4 is 11.7 Å². The number of piperazine rings is 1. The number of alkyl halides is 3. The second-order valence-electron chi connectivity index (χ2n) is 9.18. The van der Waals surface area contributed by atoms with Gasteiger partial charge in [0.1, 0.15) is 5.75 Å². The highest BCUT2D eigenvalue weighted by Crippen LogP contribution is 2.32. The number of hydrogen-bond acceptors (Lipinski definition) is 4. The summed E-state index contributed by atoms with van der Waals surface area (Å²) in [7, 11) is 0. The average molecular weight is 479 g/mol. The predicted octanol–water partition coefficient (Wildman–Crippen LogP) is 5.39. The van der Waals surface area contributed by atoms with E-state index in [1.165, 1.54) is 12.1 Å². The van der Waals surface area contributed by atoms with Gasteiger partial charge >= 0.3 is 12.1 Å². The Labute approximate surface area is 199 Å². The molecule has 0 saturated carbocycles. The van der Waals surface area contributed by atoms with Gasteiger partial charge < -0.3 is 14.7 Å². The summed E-state index contributed by atoms with van der Waals surface area (Å²) in [6.45, 7) is 11.0. The van der Waals surface area contributed by atoms with E-state index in [0.717, 1.165) is 80.1 Å². The van der Waals surface area contributed by atoms with Gasteiger partial charge in [0.25, 0.3) is 0 Å². The summed E-state index contributed by atoms with van der Waals surface area (Å²) in [5, 5.41) is 9.47. The molecule has 2 aromatic carbocycles. The second-order valence-corrected chi connectivity index (χ2v) is 9.18. The van der Waals surface area contributed by atoms with Crippen molar-refractivity contribution < 1.29 is 27.8 Å². The van der Waals surface area contributed by atoms with Crippen LogP contribution in [0.3, 0.4) is 0 Å². The van der Waals surface area contributed by atoms with E-state index >= 15 is 0 Å². The molecule has 1 heterocycles. The fourth-order valence-electron chi connectivity index (χ4n) is 4.16. The van der Waals surface area contributed by atoms with Crippen molar-refractivity contribution in [1.82, 2.24) is 4.90 Å². The van der Waals surface area contributed by atoms with E-state index in [0.29, 0.717) is 5.75 Å². The van der Waals surface area contributed by atoms with Crippen LogP contribution in [0.15, 0.2) is 36.4 Å². The monoisotopic (exact) mass is 478 g/mol. The number of carboxylic acid groups (broad SMARTS) is 1. The van der Waals surface area contributed by atoms with E-state index in [1.807, 2.05) is 13.8 Å². The molecule has 3 rings (SSSR count). The van der Waals surface area contributed by atoms with Gasteiger partial charge in [0.15, 0.2) is 5.60 Å². The van der Waals surface area contributed by atoms with Gasteiger partial charge in [-0.15, -0.1) is 0 Å². The van der Waals surface area contributed by atoms with Crippen LogP contribution in [-0.4, -0.2) is 47.8 Å². The van der Waals surface area contributed by atoms with Crippen molar-refractivity contribution in [3.05, 3.63) is 58.7 Å². The summed E-state index contributed by atoms with van der Waals surface area (Å²) in [5.74, 6) is -0.347. The summed E-state index contributed by atoms with van der Waals surface area (Å²) in [4.78, 5) is 16.0. The van der Waals surface area contributed by atoms with Gasteiger partial charge in [0.2, 0.25) is 0 Å². The molecule has 1 fully saturated rings. The normalized spacial score (nSPS) is 15.4. The Hall–Kier alpha value is -2.74. The van der Waals surface area contributed by atoms with Gasteiger partial charge in [-0.3, -0.25) is 4.90 Å². The number of rotatable bonds is 8. The van der Waals surface area contributed by atoms with Crippen molar-refractivity contribution in [2.24, 2.45) is 0 Å². The fourth-order valence-corrected chi connectivity index (χ4v) is 4.16. The molecular formula is C26H33F3N2O3. The lowest BCUT2D eigenvalue weighted by atomic mass is 9.99. The lowest BCUT2D eigenvalue weighted by Crippen LogP contribution is -2.46. The zero-order valence-corrected chi connectivity index (χ0v) is 20.2. The van der Waals surface area contributed by atoms with Gasteiger partial charge in [-0.25, -0.2) is 4.79 Å². The highest BCUT2D eigenvalue weighted by atomic mass is 19.4. The molecule has 0 amide bonds. The quantitative estimate of drug-likeness (QED) is 0.551. The largest absolute Gasteiger partial charge is 0.478 e. The Balaban J connectivity index is 1.68. The summed E-state index contributed by atoms with van der Waals surface area (Å²) >= 11 is 0. The average Bonchev–Trinajstić information content (AvgIpc) is 2.79. The summed E-state index contributed by atoms with van der Waals surface area (Å²) < 4.78 is 44.4. The molecule has 0 radical (unpaired) electrons. The third-order valence-corrected chi connectivity index (χ3v) is 6.27. The third kappa shape index (κ3) is 6.03. The Morgan fingerprint density at radius 1 is 0.971 bits per heavy atom. The smallest absolute Gasteiger partial charge is 0.416 e. The van der Waals surface area contributed by atoms with Crippen LogP contribution >= 0.6 is 0 Å². The maximum Gasteiger partial charge on any atom is 0.416 e. The summed E-state index contributed by atoms with van der Waals surface area (Å²) in [6, 6.07) is 9.53. The Morgan fingerprint density at radius 2 is 1.50 bits per heavy atom. The number of benzene rings is 2. The van der Waals surface area contributed by atoms with Crippen LogP contribution in [-0.2, 0) is 30.4 Å². The zero-order valence-electron chi connectivity index (χ0n) is 20.2. The molecule has 1 N–H and O–H groups in total. The minimum atomic E-state index is -4.32. The van der Waals surface area contributed by atoms with E-state index in [2.05, 4.69) is 21.9 Å². The first kappa shape index (κ1) is 25.9. The molecule has 8 heteroatoms. The van der Waals surface area contributed by atoms with Crippen LogP contribution in [0.4, 0.5) is 18.9 Å². The van der Waals surface area contributed by atoms with Gasteiger partial charge in [0, 0.05) is 38.4 Å². The lowest BCUT2D eigenvalue weighted by molar-refractivity contribution is -0.152. The highest BCUT2D eigenvalue weighted by Gasteiger charge is 2.32. The minimum absolute atomic E-state index is 0.632. The topological polar surface area (TPSA) is 53.0 Å². The first-order chi connectivity index (χ1) is 15.9. The lowest BCUT2D eigenvalue weighted by Gasteiger charge is -2.36. The fraction of sp³-hybridized carbons (Fsp3) is 0.500. The Bertz CT molecular complexity index is 970. The summed E-state index contributed by atoms with van der Waals surface area (Å²) in [6.07, 6.45) is -2.86. The van der Waals surface area contributed by atoms with Gasteiger partial charge in [-0.1, -0.05) is 26.0 Å². The van der Waals surface area contributed by atoms with Crippen LogP contribution in [0.2, 0.25) is 0 Å². The molecule has 186 valence electrons. The van der Waals surface area contributed by atoms with E-state index < -0.39 is 23.3 Å². The van der Waals surface area contributed by atoms with Crippen molar-refractivity contribution in [3.63, 3.8) is 0 Å². The molecule has 0 aliphatic carbocycles. The first-order valence-electron chi connectivity index (χ1n) is 11.7. The number of halogens is 3. The van der Waals surface area contributed by atoms with Gasteiger partial charge in [0.05, 0.1) is 5.56 Å². The Morgan fingerprint density at radius 3 is 1.94 bits per heavy atom. The van der Waals surface area contributed by atoms with Crippen molar-refractivity contribution in [1.29, 1.82) is 0 Å². The maximum atomic E-state index is 12.8. The molecular weight excluding hydrogens is 445 g/mol. The molecule has 0 atom stereocenters. The molecule has 5 nitrogen and oxygen atoms in total. The molecule has 0 unspecified atom stereocenters. The molecule has 0 bridgehead atoms. The molecule has 2 aromatic rings. The van der Waals surface area contributed by atoms with Crippen molar-refractivity contribution in [2.75, 3.05) is 31.1 Å². The van der Waals surface area contributed by atoms with Crippen molar-refractivity contribution in [3.8, 4) is 5.75 Å². The maximum absolute atomic E-state index is 12.8. The standard InChI is InChI=1S/C26H33F3N2O3/c1-5-19-15-18(16-20(6-2)23(19)34-25(3,4)24(32)33)17-30-11-13-31(14-12-30)22-9-7-21(8-10-22)26(27,28)29/h7-10,15-16H,5-6,11-14,17H2,1-4H3,(H,32,33). The number of carboxylic acids is 1. The number of aryl methyl sites for hydroxylation is 2. The van der Waals surface area contributed by atoms with Gasteiger partial charge in [-0.2, -0.15) is 13.2 Å². The number of hydrogen-bond donors (Lipinski definition) is 1. The highest BCUT2D eigenvalue weighted by molar-refractivity contribution is 5.77. The van der Waals surface area contributed by atoms with E-state index in [1.54, 1.807) is 13.8 Å². The molecule has 1 aliphatic heterocycles. The number of nitrogens with zero attached hydrogens (tertiary/aromatic N) is 2. The first-order valence-corrected chi connectivity index (χ1v) is 11.7. The molecule has 1 aliphatic rings. The van der Waals surface area contributed by atoms with Crippen LogP contribution < -0.4 is 9.64 Å². The minimum Gasteiger partial charge on any atom is -0.478 e. The number of anilines is 1. The molecule has 0 aromatic heterocycles. The van der Waals surface area contributed by atoms with Gasteiger partial charge in [-0.05, 0) is 67.6 Å². The number of aliphatic carboxylic acids is 1. The zero-order chi connectivity index (χ0) is 25.1. The number of carbonyl (C=O) groups is 1. The third-order valence-electron chi connectivity index (χ3n) is 6.27. The van der Waals surface area contributed by atoms with E-state index in [-0.39, 0.29) is 0 Å². The Kier molecular flexibility index (Phi) is 7.81. The van der Waals surface area contributed by atoms with E-state index in [4.69, 9.17) is 4.74 Å². The summed E-state index contributed by atoms with van der Waals surface area (Å²) in [5.41, 5.74) is 1.99. The molecule has 34 heavy (non-hydrogen) atoms. The number of ether oxygens (including phenoxy) is 1. The SMILES string of the molecule is CCc1cc(CN2CCN(c3ccc(C(F)(F)F)cc3)CC2)cc(CC)c1OC(C)(C)C(=O)O. The van der Waals surface area contributed by atoms with Crippen LogP contribution in [0.1, 0.15) is 49.9 Å². The predicted molar refractivity (Wildman–Crippen MR) is 126 cm³/mol. The molecule has 0 spiro atoms. The second kappa shape index (κ2) is 10.3. The van der Waals surface area contributed by atoms with Crippen LogP contribution in [0, 0.1) is 0 Å². The van der Waals surface area contributed by atoms with Crippen LogP contribution in [0.5, 0.6) is 5.75 Å². The van der Waals surface area contributed by atoms with E-state index in [9.17, 15) is 23.1 Å². The van der Waals surface area contributed by atoms with Crippen molar-refractivity contribution in [2.45, 2.75) is 58.9 Å². The molecule has 1 saturated heterocycles.